The molecular formula is C11H10ClNO2. The number of carbonyl (C=O) groups is 1. The standard InChI is InChI=1S/C11H10ClNO2/c1-2-5-15-11(14)10-6-9(12)4-3-8(10)7-13/h3-4,6H,2,5H2,1H3. The largest absolute Gasteiger partial charge is 0.462 e. The van der Waals surface area contributed by atoms with Crippen molar-refractivity contribution in [1.29, 1.82) is 5.26 Å². The first-order valence-electron chi connectivity index (χ1n) is 4.55. The van der Waals surface area contributed by atoms with E-state index in [4.69, 9.17) is 21.6 Å². The number of esters is 1. The first-order chi connectivity index (χ1) is 7.19. The van der Waals surface area contributed by atoms with E-state index < -0.39 is 5.97 Å². The Morgan fingerprint density at radius 1 is 1.60 bits per heavy atom. The molecule has 15 heavy (non-hydrogen) atoms. The summed E-state index contributed by atoms with van der Waals surface area (Å²) in [6.07, 6.45) is 0.744. The van der Waals surface area contributed by atoms with Gasteiger partial charge in [-0.2, -0.15) is 5.26 Å². The molecule has 0 spiro atoms. The van der Waals surface area contributed by atoms with Crippen LogP contribution in [0.4, 0.5) is 0 Å². The summed E-state index contributed by atoms with van der Waals surface area (Å²) < 4.78 is 4.93. The first-order valence-corrected chi connectivity index (χ1v) is 4.93. The zero-order valence-electron chi connectivity index (χ0n) is 8.29. The molecule has 0 saturated carbocycles. The third kappa shape index (κ3) is 2.97. The predicted molar refractivity (Wildman–Crippen MR) is 56.7 cm³/mol. The van der Waals surface area contributed by atoms with Gasteiger partial charge in [0.05, 0.1) is 17.7 Å². The highest BCUT2D eigenvalue weighted by atomic mass is 35.5. The van der Waals surface area contributed by atoms with Gasteiger partial charge in [-0.25, -0.2) is 4.79 Å². The molecule has 0 heterocycles. The fourth-order valence-electron chi connectivity index (χ4n) is 1.06. The molecule has 4 heteroatoms. The van der Waals surface area contributed by atoms with E-state index in [1.165, 1.54) is 12.1 Å². The minimum Gasteiger partial charge on any atom is -0.462 e. The Bertz CT molecular complexity index is 410. The van der Waals surface area contributed by atoms with Gasteiger partial charge in [0.1, 0.15) is 6.07 Å². The SMILES string of the molecule is CCCOC(=O)c1cc(Cl)ccc1C#N. The molecule has 0 bridgehead atoms. The fraction of sp³-hybridized carbons (Fsp3) is 0.273. The molecule has 0 aliphatic carbocycles. The average Bonchev–Trinajstić information content (AvgIpc) is 2.25. The number of halogens is 1. The van der Waals surface area contributed by atoms with Gasteiger partial charge < -0.3 is 4.74 Å². The maximum atomic E-state index is 11.5. The van der Waals surface area contributed by atoms with Crippen LogP contribution in [0.3, 0.4) is 0 Å². The summed E-state index contributed by atoms with van der Waals surface area (Å²) in [5, 5.41) is 9.20. The van der Waals surface area contributed by atoms with E-state index in [1.54, 1.807) is 6.07 Å². The molecule has 0 aliphatic heterocycles. The summed E-state index contributed by atoms with van der Waals surface area (Å²) >= 11 is 5.73. The molecule has 0 radical (unpaired) electrons. The van der Waals surface area contributed by atoms with Crippen LogP contribution < -0.4 is 0 Å². The molecule has 3 nitrogen and oxygen atoms in total. The molecular weight excluding hydrogens is 214 g/mol. The number of nitrogens with zero attached hydrogens (tertiary/aromatic N) is 1. The Balaban J connectivity index is 2.97. The molecule has 1 aromatic rings. The summed E-state index contributed by atoms with van der Waals surface area (Å²) in [6, 6.07) is 6.43. The monoisotopic (exact) mass is 223 g/mol. The number of rotatable bonds is 3. The normalized spacial score (nSPS) is 9.40. The number of carbonyl (C=O) groups excluding carboxylic acids is 1. The quantitative estimate of drug-likeness (QED) is 0.741. The van der Waals surface area contributed by atoms with Gasteiger partial charge in [0, 0.05) is 5.02 Å². The smallest absolute Gasteiger partial charge is 0.339 e. The minimum atomic E-state index is -0.504. The Morgan fingerprint density at radius 3 is 2.93 bits per heavy atom. The van der Waals surface area contributed by atoms with E-state index >= 15 is 0 Å². The van der Waals surface area contributed by atoms with Crippen molar-refractivity contribution in [3.63, 3.8) is 0 Å². The van der Waals surface area contributed by atoms with Crippen molar-refractivity contribution in [2.24, 2.45) is 0 Å². The van der Waals surface area contributed by atoms with Gasteiger partial charge in [0.25, 0.3) is 0 Å². The summed E-state index contributed by atoms with van der Waals surface area (Å²) in [4.78, 5) is 11.5. The van der Waals surface area contributed by atoms with E-state index in [9.17, 15) is 4.79 Å². The fourth-order valence-corrected chi connectivity index (χ4v) is 1.23. The second kappa shape index (κ2) is 5.38. The Labute approximate surface area is 93.2 Å². The van der Waals surface area contributed by atoms with Crippen LogP contribution in [-0.4, -0.2) is 12.6 Å². The number of hydrogen-bond donors (Lipinski definition) is 0. The van der Waals surface area contributed by atoms with Crippen LogP contribution in [0.5, 0.6) is 0 Å². The van der Waals surface area contributed by atoms with Gasteiger partial charge >= 0.3 is 5.97 Å². The zero-order valence-corrected chi connectivity index (χ0v) is 9.04. The molecule has 1 rings (SSSR count). The van der Waals surface area contributed by atoms with E-state index in [-0.39, 0.29) is 11.1 Å². The maximum absolute atomic E-state index is 11.5. The second-order valence-corrected chi connectivity index (χ2v) is 3.37. The van der Waals surface area contributed by atoms with E-state index in [0.29, 0.717) is 11.6 Å². The number of nitriles is 1. The molecule has 0 amide bonds. The third-order valence-electron chi connectivity index (χ3n) is 1.76. The van der Waals surface area contributed by atoms with Gasteiger partial charge in [-0.05, 0) is 24.6 Å². The second-order valence-electron chi connectivity index (χ2n) is 2.94. The molecule has 1 aromatic carbocycles. The summed E-state index contributed by atoms with van der Waals surface area (Å²) in [5.74, 6) is -0.504. The molecule has 0 aliphatic rings. The highest BCUT2D eigenvalue weighted by Crippen LogP contribution is 2.16. The van der Waals surface area contributed by atoms with Crippen LogP contribution in [0.25, 0.3) is 0 Å². The van der Waals surface area contributed by atoms with Crippen molar-refractivity contribution in [3.05, 3.63) is 34.3 Å². The average molecular weight is 224 g/mol. The number of benzene rings is 1. The van der Waals surface area contributed by atoms with Crippen LogP contribution in [0.1, 0.15) is 29.3 Å². The van der Waals surface area contributed by atoms with Gasteiger partial charge in [0.2, 0.25) is 0 Å². The lowest BCUT2D eigenvalue weighted by Gasteiger charge is -2.04. The highest BCUT2D eigenvalue weighted by Gasteiger charge is 2.12. The lowest BCUT2D eigenvalue weighted by Crippen LogP contribution is -2.07. The van der Waals surface area contributed by atoms with Gasteiger partial charge in [-0.1, -0.05) is 18.5 Å². The van der Waals surface area contributed by atoms with Crippen molar-refractivity contribution >= 4 is 17.6 Å². The molecule has 0 aromatic heterocycles. The van der Waals surface area contributed by atoms with Crippen molar-refractivity contribution in [2.75, 3.05) is 6.61 Å². The molecule has 0 N–H and O–H groups in total. The Hall–Kier alpha value is -1.53. The van der Waals surface area contributed by atoms with E-state index in [0.717, 1.165) is 6.42 Å². The topological polar surface area (TPSA) is 50.1 Å². The van der Waals surface area contributed by atoms with E-state index in [2.05, 4.69) is 0 Å². The van der Waals surface area contributed by atoms with Crippen LogP contribution in [0.2, 0.25) is 5.02 Å². The lowest BCUT2D eigenvalue weighted by atomic mass is 10.1. The Kier molecular flexibility index (Phi) is 4.14. The van der Waals surface area contributed by atoms with E-state index in [1.807, 2.05) is 13.0 Å². The van der Waals surface area contributed by atoms with Crippen molar-refractivity contribution in [3.8, 4) is 6.07 Å². The summed E-state index contributed by atoms with van der Waals surface area (Å²) in [7, 11) is 0. The molecule has 0 atom stereocenters. The zero-order chi connectivity index (χ0) is 11.3. The first kappa shape index (κ1) is 11.5. The number of ether oxygens (including phenoxy) is 1. The molecule has 78 valence electrons. The van der Waals surface area contributed by atoms with Crippen LogP contribution in [0, 0.1) is 11.3 Å². The maximum Gasteiger partial charge on any atom is 0.339 e. The highest BCUT2D eigenvalue weighted by molar-refractivity contribution is 6.31. The third-order valence-corrected chi connectivity index (χ3v) is 1.99. The van der Waals surface area contributed by atoms with Crippen LogP contribution >= 0.6 is 11.6 Å². The summed E-state index contributed by atoms with van der Waals surface area (Å²) in [6.45, 7) is 2.24. The number of hydrogen-bond acceptors (Lipinski definition) is 3. The predicted octanol–water partition coefficient (Wildman–Crippen LogP) is 2.78. The molecule has 0 fully saturated rings. The lowest BCUT2D eigenvalue weighted by molar-refractivity contribution is 0.0505. The Morgan fingerprint density at radius 2 is 2.33 bits per heavy atom. The minimum absolute atomic E-state index is 0.221. The summed E-state index contributed by atoms with van der Waals surface area (Å²) in [5.41, 5.74) is 0.499. The van der Waals surface area contributed by atoms with Gasteiger partial charge in [0.15, 0.2) is 0 Å². The van der Waals surface area contributed by atoms with Gasteiger partial charge in [-0.15, -0.1) is 0 Å². The van der Waals surface area contributed by atoms with Crippen molar-refractivity contribution in [2.45, 2.75) is 13.3 Å². The molecule has 0 unspecified atom stereocenters. The van der Waals surface area contributed by atoms with Crippen molar-refractivity contribution in [1.82, 2.24) is 0 Å². The van der Waals surface area contributed by atoms with Crippen molar-refractivity contribution < 1.29 is 9.53 Å². The van der Waals surface area contributed by atoms with Crippen LogP contribution in [-0.2, 0) is 4.74 Å². The van der Waals surface area contributed by atoms with Crippen LogP contribution in [0.15, 0.2) is 18.2 Å². The van der Waals surface area contributed by atoms with Gasteiger partial charge in [-0.3, -0.25) is 0 Å². The molecule has 0 saturated heterocycles.